The average Bonchev–Trinajstić information content (AvgIpc) is 2.33. The Morgan fingerprint density at radius 3 is 2.82 bits per heavy atom. The molecule has 0 bridgehead atoms. The normalized spacial score (nSPS) is 28.7. The van der Waals surface area contributed by atoms with E-state index >= 15 is 0 Å². The highest BCUT2D eigenvalue weighted by molar-refractivity contribution is 5.85. The van der Waals surface area contributed by atoms with Crippen LogP contribution in [0, 0.1) is 5.92 Å². The monoisotopic (exact) mass is 240 g/mol. The first-order chi connectivity index (χ1) is 8.21. The summed E-state index contributed by atoms with van der Waals surface area (Å²) in [4.78, 5) is 12.4. The van der Waals surface area contributed by atoms with E-state index in [0.29, 0.717) is 5.78 Å². The van der Waals surface area contributed by atoms with E-state index in [1.165, 1.54) is 6.42 Å². The molecule has 2 atom stereocenters. The van der Waals surface area contributed by atoms with Gasteiger partial charge in [-0.3, -0.25) is 4.79 Å². The van der Waals surface area contributed by atoms with Gasteiger partial charge in [-0.05, 0) is 38.5 Å². The third kappa shape index (κ3) is 2.71. The summed E-state index contributed by atoms with van der Waals surface area (Å²) in [6, 6.07) is 0. The maximum atomic E-state index is 12.4. The quantitative estimate of drug-likeness (QED) is 0.741. The lowest BCUT2D eigenvalue weighted by Gasteiger charge is -2.47. The van der Waals surface area contributed by atoms with Crippen molar-refractivity contribution in [2.24, 2.45) is 5.92 Å². The van der Waals surface area contributed by atoms with Crippen LogP contribution in [0.3, 0.4) is 0 Å². The SMILES string of the molecule is CCCC(OC)C(=O)C1CCOC2(CCC2)C1. The molecular formula is C14H24O3. The lowest BCUT2D eigenvalue weighted by Crippen LogP contribution is -2.48. The van der Waals surface area contributed by atoms with Crippen molar-refractivity contribution in [2.75, 3.05) is 13.7 Å². The minimum atomic E-state index is -0.194. The van der Waals surface area contributed by atoms with Crippen molar-refractivity contribution in [3.8, 4) is 0 Å². The van der Waals surface area contributed by atoms with Crippen LogP contribution >= 0.6 is 0 Å². The van der Waals surface area contributed by atoms with Gasteiger partial charge in [0.1, 0.15) is 6.10 Å². The van der Waals surface area contributed by atoms with Crippen molar-refractivity contribution in [3.05, 3.63) is 0 Å². The zero-order valence-electron chi connectivity index (χ0n) is 11.0. The largest absolute Gasteiger partial charge is 0.375 e. The fourth-order valence-electron chi connectivity index (χ4n) is 3.09. The van der Waals surface area contributed by atoms with Gasteiger partial charge in [-0.1, -0.05) is 13.3 Å². The minimum Gasteiger partial charge on any atom is -0.375 e. The molecule has 17 heavy (non-hydrogen) atoms. The molecule has 0 amide bonds. The van der Waals surface area contributed by atoms with Gasteiger partial charge in [0.15, 0.2) is 5.78 Å². The van der Waals surface area contributed by atoms with Gasteiger partial charge in [0, 0.05) is 19.6 Å². The van der Waals surface area contributed by atoms with Gasteiger partial charge >= 0.3 is 0 Å². The number of hydrogen-bond donors (Lipinski definition) is 0. The molecule has 1 saturated heterocycles. The maximum Gasteiger partial charge on any atom is 0.164 e. The Bertz CT molecular complexity index is 271. The van der Waals surface area contributed by atoms with Crippen LogP contribution in [0.25, 0.3) is 0 Å². The van der Waals surface area contributed by atoms with Crippen molar-refractivity contribution in [2.45, 2.75) is 63.6 Å². The molecule has 2 unspecified atom stereocenters. The molecule has 1 spiro atoms. The molecular weight excluding hydrogens is 216 g/mol. The predicted molar refractivity (Wildman–Crippen MR) is 66.0 cm³/mol. The van der Waals surface area contributed by atoms with Crippen LogP contribution in [0.1, 0.15) is 51.9 Å². The number of hydrogen-bond acceptors (Lipinski definition) is 3. The van der Waals surface area contributed by atoms with E-state index in [-0.39, 0.29) is 17.6 Å². The first-order valence-electron chi connectivity index (χ1n) is 6.91. The van der Waals surface area contributed by atoms with Gasteiger partial charge in [-0.2, -0.15) is 0 Å². The Labute approximate surface area is 104 Å². The van der Waals surface area contributed by atoms with Crippen molar-refractivity contribution in [3.63, 3.8) is 0 Å². The van der Waals surface area contributed by atoms with Gasteiger partial charge in [-0.25, -0.2) is 0 Å². The Kier molecular flexibility index (Phi) is 4.21. The minimum absolute atomic E-state index is 0.0586. The molecule has 0 aromatic heterocycles. The van der Waals surface area contributed by atoms with Crippen LogP contribution in [0.15, 0.2) is 0 Å². The molecule has 1 heterocycles. The second-order valence-electron chi connectivity index (χ2n) is 5.49. The summed E-state index contributed by atoms with van der Waals surface area (Å²) in [6.07, 6.45) is 6.99. The summed E-state index contributed by atoms with van der Waals surface area (Å²) in [7, 11) is 1.65. The number of carbonyl (C=O) groups is 1. The molecule has 0 radical (unpaired) electrons. The smallest absolute Gasteiger partial charge is 0.164 e. The van der Waals surface area contributed by atoms with E-state index in [4.69, 9.17) is 9.47 Å². The van der Waals surface area contributed by atoms with E-state index in [9.17, 15) is 4.79 Å². The van der Waals surface area contributed by atoms with E-state index < -0.39 is 0 Å². The van der Waals surface area contributed by atoms with E-state index in [2.05, 4.69) is 6.92 Å². The summed E-state index contributed by atoms with van der Waals surface area (Å²) >= 11 is 0. The molecule has 1 aliphatic carbocycles. The Morgan fingerprint density at radius 1 is 1.53 bits per heavy atom. The number of Topliss-reactive ketones (excluding diaryl/α,β-unsaturated/α-hetero) is 1. The summed E-state index contributed by atoms with van der Waals surface area (Å²) in [5.41, 5.74) is 0.0586. The molecule has 3 nitrogen and oxygen atoms in total. The van der Waals surface area contributed by atoms with Gasteiger partial charge in [-0.15, -0.1) is 0 Å². The van der Waals surface area contributed by atoms with Crippen molar-refractivity contribution in [1.82, 2.24) is 0 Å². The predicted octanol–water partition coefficient (Wildman–Crippen LogP) is 2.72. The highest BCUT2D eigenvalue weighted by Gasteiger charge is 2.45. The first-order valence-corrected chi connectivity index (χ1v) is 6.91. The topological polar surface area (TPSA) is 35.5 Å². The summed E-state index contributed by atoms with van der Waals surface area (Å²) < 4.78 is 11.2. The zero-order valence-corrected chi connectivity index (χ0v) is 11.0. The van der Waals surface area contributed by atoms with Crippen LogP contribution < -0.4 is 0 Å². The lowest BCUT2D eigenvalue weighted by atomic mass is 9.70. The number of ether oxygens (including phenoxy) is 2. The van der Waals surface area contributed by atoms with E-state index in [1.54, 1.807) is 7.11 Å². The highest BCUT2D eigenvalue weighted by Crippen LogP contribution is 2.44. The van der Waals surface area contributed by atoms with Crippen LogP contribution in [-0.4, -0.2) is 31.2 Å². The highest BCUT2D eigenvalue weighted by atomic mass is 16.5. The summed E-state index contributed by atoms with van der Waals surface area (Å²) in [5, 5.41) is 0. The van der Waals surface area contributed by atoms with Gasteiger partial charge < -0.3 is 9.47 Å². The standard InChI is InChI=1S/C14H24O3/c1-3-5-12(16-2)13(15)11-6-9-17-14(10-11)7-4-8-14/h11-12H,3-10H2,1-2H3. The Hall–Kier alpha value is -0.410. The molecule has 98 valence electrons. The van der Waals surface area contributed by atoms with Gasteiger partial charge in [0.25, 0.3) is 0 Å². The molecule has 1 aliphatic heterocycles. The Morgan fingerprint density at radius 2 is 2.29 bits per heavy atom. The van der Waals surface area contributed by atoms with Crippen LogP contribution in [-0.2, 0) is 14.3 Å². The van der Waals surface area contributed by atoms with E-state index in [1.807, 2.05) is 0 Å². The molecule has 0 aromatic rings. The second-order valence-corrected chi connectivity index (χ2v) is 5.49. The van der Waals surface area contributed by atoms with Crippen molar-refractivity contribution in [1.29, 1.82) is 0 Å². The molecule has 1 saturated carbocycles. The summed E-state index contributed by atoms with van der Waals surface area (Å²) in [5.74, 6) is 0.476. The van der Waals surface area contributed by atoms with Gasteiger partial charge in [0.05, 0.1) is 5.60 Å². The fourth-order valence-corrected chi connectivity index (χ4v) is 3.09. The van der Waals surface area contributed by atoms with Crippen LogP contribution in [0.2, 0.25) is 0 Å². The lowest BCUT2D eigenvalue weighted by molar-refractivity contribution is -0.161. The van der Waals surface area contributed by atoms with Crippen LogP contribution in [0.5, 0.6) is 0 Å². The fraction of sp³-hybridized carbons (Fsp3) is 0.929. The third-order valence-corrected chi connectivity index (χ3v) is 4.31. The molecule has 3 heteroatoms. The summed E-state index contributed by atoms with van der Waals surface area (Å²) in [6.45, 7) is 2.84. The number of rotatable bonds is 5. The maximum absolute atomic E-state index is 12.4. The van der Waals surface area contributed by atoms with Crippen LogP contribution in [0.4, 0.5) is 0 Å². The Balaban J connectivity index is 1.93. The van der Waals surface area contributed by atoms with Crippen molar-refractivity contribution >= 4 is 5.78 Å². The van der Waals surface area contributed by atoms with E-state index in [0.717, 1.165) is 45.1 Å². The molecule has 2 fully saturated rings. The molecule has 2 rings (SSSR count). The van der Waals surface area contributed by atoms with Gasteiger partial charge in [0.2, 0.25) is 0 Å². The third-order valence-electron chi connectivity index (χ3n) is 4.31. The number of ketones is 1. The number of carbonyl (C=O) groups excluding carboxylic acids is 1. The number of methoxy groups -OCH3 is 1. The first kappa shape index (κ1) is 13.0. The molecule has 0 aromatic carbocycles. The zero-order chi connectivity index (χ0) is 12.3. The molecule has 0 N–H and O–H groups in total. The average molecular weight is 240 g/mol. The second kappa shape index (κ2) is 5.49. The van der Waals surface area contributed by atoms with Crippen molar-refractivity contribution < 1.29 is 14.3 Å². The molecule has 2 aliphatic rings.